The molecule has 7 N–H and O–H groups in total. The maximum atomic E-state index is 14.4. The highest BCUT2D eigenvalue weighted by Crippen LogP contribution is 2.40. The highest BCUT2D eigenvalue weighted by molar-refractivity contribution is 5.73. The zero-order valence-electron chi connectivity index (χ0n) is 39.0. The van der Waals surface area contributed by atoms with Crippen LogP contribution in [0.3, 0.4) is 0 Å². The Bertz CT molecular complexity index is 1520. The molecular formula is C43H80N6O12. The first-order valence-corrected chi connectivity index (χ1v) is 22.3. The van der Waals surface area contributed by atoms with Crippen molar-refractivity contribution in [2.45, 2.75) is 198 Å². The average molecular weight is 873 g/mol. The number of aliphatic hydroxyl groups excluding tert-OH is 3. The summed E-state index contributed by atoms with van der Waals surface area (Å²) >= 11 is 0. The second-order valence-corrected chi connectivity index (χ2v) is 19.2. The molecule has 0 amide bonds. The van der Waals surface area contributed by atoms with Crippen molar-refractivity contribution < 1.29 is 58.7 Å². The topological polar surface area (TPSA) is 237 Å². The van der Waals surface area contributed by atoms with E-state index in [2.05, 4.69) is 15.2 Å². The van der Waals surface area contributed by atoms with Crippen LogP contribution in [0.4, 0.5) is 0 Å². The van der Waals surface area contributed by atoms with Gasteiger partial charge in [-0.25, -0.2) is 0 Å². The molecule has 3 aliphatic heterocycles. The Hall–Kier alpha value is -1.91. The number of hydrogen-bond acceptors (Lipinski definition) is 17. The van der Waals surface area contributed by atoms with Crippen molar-refractivity contribution in [3.63, 3.8) is 0 Å². The predicted molar refractivity (Wildman–Crippen MR) is 226 cm³/mol. The number of esters is 1. The van der Waals surface area contributed by atoms with E-state index in [-0.39, 0.29) is 37.3 Å². The number of carbonyl (C=O) groups is 1. The van der Waals surface area contributed by atoms with Crippen molar-refractivity contribution in [1.29, 1.82) is 0 Å². The van der Waals surface area contributed by atoms with Gasteiger partial charge < -0.3 is 69.5 Å². The van der Waals surface area contributed by atoms with E-state index in [4.69, 9.17) is 34.2 Å². The minimum Gasteiger partial charge on any atom is -0.459 e. The minimum atomic E-state index is -1.82. The van der Waals surface area contributed by atoms with Crippen LogP contribution in [0, 0.1) is 17.8 Å². The third-order valence-corrected chi connectivity index (χ3v) is 13.8. The van der Waals surface area contributed by atoms with Crippen molar-refractivity contribution in [1.82, 2.24) is 24.8 Å². The molecule has 1 aromatic rings. The molecule has 18 heteroatoms. The summed E-state index contributed by atoms with van der Waals surface area (Å²) in [5.41, 5.74) is 2.01. The smallest absolute Gasteiger partial charge is 0.311 e. The van der Waals surface area contributed by atoms with Gasteiger partial charge in [0.2, 0.25) is 0 Å². The molecule has 0 radical (unpaired) electrons. The number of methoxy groups -OCH3 is 1. The molecule has 4 rings (SSSR count). The largest absolute Gasteiger partial charge is 0.459 e. The SMILES string of the molecule is CC[C@H]1OC(=O)[C@H](C)[C@@H](O[C@H]2C[C@@](C)(OC)[C@@H](O)[C@H](C)O2)[C@H](C)[C@@H](O[C@@H]2O[C@H](C)C[C@H](N(C)CCc3cn(CCN)nn3)[C@H]2O)[C@](C)(O)C[C@@H](C)CN(C)[C@H](C)[C@@H](O)[C@]1(C)O. The summed E-state index contributed by atoms with van der Waals surface area (Å²) in [5, 5.41) is 67.6. The van der Waals surface area contributed by atoms with Gasteiger partial charge in [-0.3, -0.25) is 9.48 Å². The van der Waals surface area contributed by atoms with Crippen LogP contribution >= 0.6 is 0 Å². The Morgan fingerprint density at radius 3 is 2.31 bits per heavy atom. The van der Waals surface area contributed by atoms with Crippen LogP contribution in [-0.2, 0) is 46.2 Å². The Kier molecular flexibility index (Phi) is 18.1. The average Bonchev–Trinajstić information content (AvgIpc) is 3.65. The molecule has 4 heterocycles. The van der Waals surface area contributed by atoms with Crippen molar-refractivity contribution >= 4 is 5.97 Å². The summed E-state index contributed by atoms with van der Waals surface area (Å²) in [7, 11) is 5.28. The lowest BCUT2D eigenvalue weighted by Crippen LogP contribution is -2.61. The van der Waals surface area contributed by atoms with Gasteiger partial charge in [-0.15, -0.1) is 5.10 Å². The number of ether oxygens (including phenoxy) is 6. The number of nitrogens with two attached hydrogens (primary N) is 1. The van der Waals surface area contributed by atoms with Gasteiger partial charge >= 0.3 is 5.97 Å². The lowest BCUT2D eigenvalue weighted by molar-refractivity contribution is -0.318. The monoisotopic (exact) mass is 873 g/mol. The zero-order chi connectivity index (χ0) is 45.8. The van der Waals surface area contributed by atoms with Crippen molar-refractivity contribution in [2.24, 2.45) is 23.5 Å². The van der Waals surface area contributed by atoms with E-state index in [1.165, 1.54) is 14.0 Å². The van der Waals surface area contributed by atoms with Crippen molar-refractivity contribution in [3.8, 4) is 0 Å². The molecule has 18 atom stereocenters. The highest BCUT2D eigenvalue weighted by atomic mass is 16.7. The van der Waals surface area contributed by atoms with Gasteiger partial charge in [0.05, 0.1) is 53.8 Å². The Labute approximate surface area is 363 Å². The molecule has 3 fully saturated rings. The van der Waals surface area contributed by atoms with Gasteiger partial charge in [-0.2, -0.15) is 0 Å². The second-order valence-electron chi connectivity index (χ2n) is 19.2. The summed E-state index contributed by atoms with van der Waals surface area (Å²) in [5.74, 6) is -2.72. The van der Waals surface area contributed by atoms with Crippen LogP contribution in [0.1, 0.15) is 101 Å². The summed E-state index contributed by atoms with van der Waals surface area (Å²) in [4.78, 5) is 18.4. The second kappa shape index (κ2) is 21.4. The molecule has 61 heavy (non-hydrogen) atoms. The maximum Gasteiger partial charge on any atom is 0.311 e. The first-order chi connectivity index (χ1) is 28.4. The van der Waals surface area contributed by atoms with E-state index in [0.29, 0.717) is 39.0 Å². The van der Waals surface area contributed by atoms with E-state index >= 15 is 0 Å². The first-order valence-electron chi connectivity index (χ1n) is 22.3. The predicted octanol–water partition coefficient (Wildman–Crippen LogP) is 1.06. The van der Waals surface area contributed by atoms with E-state index in [9.17, 15) is 30.3 Å². The fraction of sp³-hybridized carbons (Fsp3) is 0.930. The first kappa shape index (κ1) is 51.7. The number of rotatable bonds is 12. The number of nitrogens with zero attached hydrogens (tertiary/aromatic N) is 5. The lowest BCUT2D eigenvalue weighted by atomic mass is 9.77. The number of aliphatic hydroxyl groups is 5. The Morgan fingerprint density at radius 1 is 1.02 bits per heavy atom. The van der Waals surface area contributed by atoms with Crippen molar-refractivity contribution in [3.05, 3.63) is 11.9 Å². The molecule has 3 aliphatic rings. The lowest BCUT2D eigenvalue weighted by Gasteiger charge is -2.49. The number of aromatic nitrogens is 3. The standard InChI is InChI=1S/C43H80N6O12/c1-14-32-43(10,55)36(51)28(6)48(12)22-24(2)20-41(8,54)38(26(4)35(27(5)39(53)59-32)60-33-21-42(9,56-13)37(52)29(7)58-33)61-40-34(50)31(19-25(3)57-40)47(11)17-15-30-23-49(18-16-44)46-45-30/h23-29,31-38,40,50-52,54-55H,14-22,44H2,1-13H3/t24-,25-,26+,27-,28-,29+,31+,32-,33+,34-,35+,36-,37+,38-,40+,41-,42-,43-/m1/s1. The van der Waals surface area contributed by atoms with Gasteiger partial charge in [0, 0.05) is 63.8 Å². The Morgan fingerprint density at radius 2 is 1.69 bits per heavy atom. The summed E-state index contributed by atoms with van der Waals surface area (Å²) in [6, 6.07) is -0.944. The molecule has 3 saturated heterocycles. The molecule has 0 spiro atoms. The van der Waals surface area contributed by atoms with Gasteiger partial charge in [0.1, 0.15) is 30.0 Å². The normalized spacial score (nSPS) is 44.1. The van der Waals surface area contributed by atoms with Gasteiger partial charge in [0.15, 0.2) is 12.6 Å². The fourth-order valence-electron chi connectivity index (χ4n) is 9.81. The van der Waals surface area contributed by atoms with Crippen LogP contribution < -0.4 is 5.73 Å². The zero-order valence-corrected chi connectivity index (χ0v) is 39.0. The molecule has 354 valence electrons. The van der Waals surface area contributed by atoms with Gasteiger partial charge in [-0.05, 0) is 87.7 Å². The quantitative estimate of drug-likeness (QED) is 0.161. The van der Waals surface area contributed by atoms with Crippen LogP contribution in [0.25, 0.3) is 0 Å². The molecule has 0 aromatic carbocycles. The highest BCUT2D eigenvalue weighted by Gasteiger charge is 2.53. The number of likely N-dealkylation sites (N-methyl/N-ethyl adjacent to an activating group) is 2. The molecule has 1 aromatic heterocycles. The van der Waals surface area contributed by atoms with Gasteiger partial charge in [-0.1, -0.05) is 26.0 Å². The molecular weight excluding hydrogens is 793 g/mol. The summed E-state index contributed by atoms with van der Waals surface area (Å²) in [6.07, 6.45) is -6.34. The molecule has 0 bridgehead atoms. The summed E-state index contributed by atoms with van der Waals surface area (Å²) in [6.45, 7) is 19.6. The van der Waals surface area contributed by atoms with Crippen LogP contribution in [0.2, 0.25) is 0 Å². The molecule has 18 nitrogen and oxygen atoms in total. The van der Waals surface area contributed by atoms with E-state index < -0.39 is 96.0 Å². The molecule has 0 unspecified atom stereocenters. The van der Waals surface area contributed by atoms with E-state index in [1.807, 2.05) is 46.0 Å². The fourth-order valence-corrected chi connectivity index (χ4v) is 9.81. The van der Waals surface area contributed by atoms with Crippen LogP contribution in [0.15, 0.2) is 6.20 Å². The Balaban J connectivity index is 1.75. The number of carbonyl (C=O) groups excluding carboxylic acids is 1. The summed E-state index contributed by atoms with van der Waals surface area (Å²) < 4.78 is 39.8. The third kappa shape index (κ3) is 12.3. The van der Waals surface area contributed by atoms with Crippen LogP contribution in [0.5, 0.6) is 0 Å². The molecule has 0 aliphatic carbocycles. The third-order valence-electron chi connectivity index (χ3n) is 13.8. The van der Waals surface area contributed by atoms with Gasteiger partial charge in [0.25, 0.3) is 0 Å². The van der Waals surface area contributed by atoms with E-state index in [0.717, 1.165) is 5.69 Å². The maximum absolute atomic E-state index is 14.4. The van der Waals surface area contributed by atoms with Crippen molar-refractivity contribution in [2.75, 3.05) is 40.8 Å². The number of cyclic esters (lactones) is 1. The van der Waals surface area contributed by atoms with E-state index in [1.54, 1.807) is 46.2 Å². The molecule has 0 saturated carbocycles. The minimum absolute atomic E-state index is 0.112. The number of hydrogen-bond donors (Lipinski definition) is 6. The van der Waals surface area contributed by atoms with Crippen LogP contribution in [-0.4, -0.2) is 187 Å².